The van der Waals surface area contributed by atoms with E-state index in [-0.39, 0.29) is 11.9 Å². The molecule has 0 saturated heterocycles. The summed E-state index contributed by atoms with van der Waals surface area (Å²) >= 11 is 0. The standard InChI is InChI=1S/C13H17N5O/c1-9(2)18-12(5-7-16-18)17-13(19)10-8-15-6-4-11(10)14-3/h4-9H,1-3H3,(H,14,15)(H,17,19). The number of hydrogen-bond donors (Lipinski definition) is 2. The maximum atomic E-state index is 12.2. The summed E-state index contributed by atoms with van der Waals surface area (Å²) in [5.41, 5.74) is 1.24. The number of amides is 1. The molecule has 0 fully saturated rings. The minimum absolute atomic E-state index is 0.183. The van der Waals surface area contributed by atoms with Crippen LogP contribution in [0.1, 0.15) is 30.2 Å². The van der Waals surface area contributed by atoms with Crippen LogP contribution in [0.5, 0.6) is 0 Å². The lowest BCUT2D eigenvalue weighted by molar-refractivity contribution is 0.102. The highest BCUT2D eigenvalue weighted by molar-refractivity contribution is 6.07. The SMILES string of the molecule is CNc1ccncc1C(=O)Nc1ccnn1C(C)C. The van der Waals surface area contributed by atoms with Crippen molar-refractivity contribution in [3.63, 3.8) is 0 Å². The van der Waals surface area contributed by atoms with Crippen LogP contribution in [0.25, 0.3) is 0 Å². The Morgan fingerprint density at radius 3 is 2.79 bits per heavy atom. The molecule has 6 nitrogen and oxygen atoms in total. The molecule has 0 unspecified atom stereocenters. The van der Waals surface area contributed by atoms with Gasteiger partial charge in [0.2, 0.25) is 0 Å². The molecule has 19 heavy (non-hydrogen) atoms. The highest BCUT2D eigenvalue weighted by Gasteiger charge is 2.14. The van der Waals surface area contributed by atoms with Crippen molar-refractivity contribution in [3.05, 3.63) is 36.3 Å². The van der Waals surface area contributed by atoms with Gasteiger partial charge in [0.15, 0.2) is 0 Å². The number of anilines is 2. The minimum Gasteiger partial charge on any atom is -0.387 e. The molecule has 0 aliphatic carbocycles. The van der Waals surface area contributed by atoms with Crippen molar-refractivity contribution in [2.45, 2.75) is 19.9 Å². The second-order valence-corrected chi connectivity index (χ2v) is 4.38. The molecule has 0 spiro atoms. The summed E-state index contributed by atoms with van der Waals surface area (Å²) < 4.78 is 1.76. The highest BCUT2D eigenvalue weighted by Crippen LogP contribution is 2.17. The van der Waals surface area contributed by atoms with Gasteiger partial charge in [-0.15, -0.1) is 0 Å². The molecular formula is C13H17N5O. The van der Waals surface area contributed by atoms with Crippen LogP contribution in [-0.4, -0.2) is 27.7 Å². The fraction of sp³-hybridized carbons (Fsp3) is 0.308. The van der Waals surface area contributed by atoms with Crippen LogP contribution in [0.2, 0.25) is 0 Å². The summed E-state index contributed by atoms with van der Waals surface area (Å²) in [5.74, 6) is 0.464. The number of nitrogens with zero attached hydrogens (tertiary/aromatic N) is 3. The Morgan fingerprint density at radius 2 is 2.11 bits per heavy atom. The Bertz CT molecular complexity index is 576. The zero-order valence-electron chi connectivity index (χ0n) is 11.2. The third kappa shape index (κ3) is 2.73. The van der Waals surface area contributed by atoms with Crippen LogP contribution < -0.4 is 10.6 Å². The second-order valence-electron chi connectivity index (χ2n) is 4.38. The molecule has 0 saturated carbocycles. The number of aromatic nitrogens is 3. The van der Waals surface area contributed by atoms with E-state index in [9.17, 15) is 4.79 Å². The van der Waals surface area contributed by atoms with Crippen LogP contribution in [-0.2, 0) is 0 Å². The zero-order valence-corrected chi connectivity index (χ0v) is 11.2. The molecule has 0 atom stereocenters. The molecular weight excluding hydrogens is 242 g/mol. The quantitative estimate of drug-likeness (QED) is 0.882. The molecule has 2 N–H and O–H groups in total. The van der Waals surface area contributed by atoms with Crippen molar-refractivity contribution in [2.75, 3.05) is 17.7 Å². The number of rotatable bonds is 4. The summed E-state index contributed by atoms with van der Waals surface area (Å²) in [5, 5.41) is 9.99. The van der Waals surface area contributed by atoms with Gasteiger partial charge in [-0.1, -0.05) is 0 Å². The Morgan fingerprint density at radius 1 is 1.32 bits per heavy atom. The number of carbonyl (C=O) groups is 1. The monoisotopic (exact) mass is 259 g/mol. The largest absolute Gasteiger partial charge is 0.387 e. The lowest BCUT2D eigenvalue weighted by Crippen LogP contribution is -2.18. The van der Waals surface area contributed by atoms with Crippen LogP contribution >= 0.6 is 0 Å². The first-order valence-electron chi connectivity index (χ1n) is 6.10. The topological polar surface area (TPSA) is 71.8 Å². The van der Waals surface area contributed by atoms with Gasteiger partial charge in [-0.25, -0.2) is 4.68 Å². The van der Waals surface area contributed by atoms with Gasteiger partial charge in [0.25, 0.3) is 5.91 Å². The first-order chi connectivity index (χ1) is 9.13. The molecule has 2 rings (SSSR count). The van der Waals surface area contributed by atoms with E-state index in [2.05, 4.69) is 20.7 Å². The number of pyridine rings is 1. The summed E-state index contributed by atoms with van der Waals surface area (Å²) in [6.07, 6.45) is 4.84. The third-order valence-corrected chi connectivity index (χ3v) is 2.74. The lowest BCUT2D eigenvalue weighted by atomic mass is 10.2. The molecule has 1 amide bonds. The average Bonchev–Trinajstić information content (AvgIpc) is 2.87. The van der Waals surface area contributed by atoms with E-state index in [1.54, 1.807) is 36.3 Å². The molecule has 100 valence electrons. The van der Waals surface area contributed by atoms with Gasteiger partial charge in [-0.2, -0.15) is 5.10 Å². The Balaban J connectivity index is 2.23. The van der Waals surface area contributed by atoms with E-state index in [1.807, 2.05) is 13.8 Å². The van der Waals surface area contributed by atoms with Gasteiger partial charge < -0.3 is 10.6 Å². The van der Waals surface area contributed by atoms with E-state index in [0.29, 0.717) is 11.4 Å². The highest BCUT2D eigenvalue weighted by atomic mass is 16.1. The summed E-state index contributed by atoms with van der Waals surface area (Å²) in [4.78, 5) is 16.2. The van der Waals surface area contributed by atoms with E-state index in [4.69, 9.17) is 0 Å². The molecule has 6 heteroatoms. The van der Waals surface area contributed by atoms with Crippen LogP contribution in [0.3, 0.4) is 0 Å². The third-order valence-electron chi connectivity index (χ3n) is 2.74. The Kier molecular flexibility index (Phi) is 3.79. The fourth-order valence-corrected chi connectivity index (χ4v) is 1.80. The zero-order chi connectivity index (χ0) is 13.8. The predicted molar refractivity (Wildman–Crippen MR) is 74.3 cm³/mol. The maximum absolute atomic E-state index is 12.2. The number of hydrogen-bond acceptors (Lipinski definition) is 4. The van der Waals surface area contributed by atoms with E-state index in [0.717, 1.165) is 5.69 Å². The van der Waals surface area contributed by atoms with Crippen LogP contribution in [0.4, 0.5) is 11.5 Å². The Labute approximate surface area is 111 Å². The van der Waals surface area contributed by atoms with Crippen molar-refractivity contribution in [1.29, 1.82) is 0 Å². The molecule has 2 heterocycles. The predicted octanol–water partition coefficient (Wildman–Crippen LogP) is 2.15. The van der Waals surface area contributed by atoms with Crippen molar-refractivity contribution in [2.24, 2.45) is 0 Å². The minimum atomic E-state index is -0.208. The number of nitrogens with one attached hydrogen (secondary N) is 2. The summed E-state index contributed by atoms with van der Waals surface area (Å²) in [6.45, 7) is 4.01. The molecule has 0 aliphatic rings. The van der Waals surface area contributed by atoms with E-state index < -0.39 is 0 Å². The van der Waals surface area contributed by atoms with Crippen LogP contribution in [0.15, 0.2) is 30.7 Å². The van der Waals surface area contributed by atoms with Crippen molar-refractivity contribution < 1.29 is 4.79 Å². The molecule has 0 aliphatic heterocycles. The van der Waals surface area contributed by atoms with Crippen LogP contribution in [0, 0.1) is 0 Å². The summed E-state index contributed by atoms with van der Waals surface area (Å²) in [7, 11) is 1.77. The average molecular weight is 259 g/mol. The molecule has 2 aromatic rings. The molecule has 0 aromatic carbocycles. The smallest absolute Gasteiger partial charge is 0.260 e. The fourth-order valence-electron chi connectivity index (χ4n) is 1.80. The maximum Gasteiger partial charge on any atom is 0.260 e. The van der Waals surface area contributed by atoms with Gasteiger partial charge in [0, 0.05) is 37.2 Å². The number of carbonyl (C=O) groups excluding carboxylic acids is 1. The van der Waals surface area contributed by atoms with Gasteiger partial charge in [0.05, 0.1) is 11.8 Å². The van der Waals surface area contributed by atoms with Gasteiger partial charge in [-0.05, 0) is 19.9 Å². The Hall–Kier alpha value is -2.37. The van der Waals surface area contributed by atoms with Gasteiger partial charge >= 0.3 is 0 Å². The van der Waals surface area contributed by atoms with Crippen molar-refractivity contribution >= 4 is 17.4 Å². The van der Waals surface area contributed by atoms with Gasteiger partial charge in [0.1, 0.15) is 5.82 Å². The normalized spacial score (nSPS) is 10.5. The summed E-state index contributed by atoms with van der Waals surface area (Å²) in [6, 6.07) is 3.71. The van der Waals surface area contributed by atoms with E-state index >= 15 is 0 Å². The lowest BCUT2D eigenvalue weighted by Gasteiger charge is -2.13. The molecule has 2 aromatic heterocycles. The first kappa shape index (κ1) is 13.1. The second kappa shape index (κ2) is 5.51. The molecule has 0 bridgehead atoms. The van der Waals surface area contributed by atoms with Gasteiger partial charge in [-0.3, -0.25) is 9.78 Å². The van der Waals surface area contributed by atoms with E-state index in [1.165, 1.54) is 6.20 Å². The first-order valence-corrected chi connectivity index (χ1v) is 6.10. The van der Waals surface area contributed by atoms with Crippen molar-refractivity contribution in [1.82, 2.24) is 14.8 Å². The van der Waals surface area contributed by atoms with Crippen molar-refractivity contribution in [3.8, 4) is 0 Å². The molecule has 0 radical (unpaired) electrons.